The third-order valence-electron chi connectivity index (χ3n) is 1.70. The highest BCUT2D eigenvalue weighted by Gasteiger charge is 2.03. The van der Waals surface area contributed by atoms with Gasteiger partial charge in [0.05, 0.1) is 13.0 Å². The lowest BCUT2D eigenvalue weighted by molar-refractivity contribution is -0.136. The van der Waals surface area contributed by atoms with E-state index in [-0.39, 0.29) is 6.42 Å². The van der Waals surface area contributed by atoms with E-state index < -0.39 is 5.97 Å². The Morgan fingerprint density at radius 3 is 3.15 bits per heavy atom. The molecule has 1 N–H and O–H groups in total. The van der Waals surface area contributed by atoms with Crippen LogP contribution in [0.1, 0.15) is 12.1 Å². The Bertz CT molecular complexity index is 304. The van der Waals surface area contributed by atoms with E-state index in [9.17, 15) is 4.79 Å². The van der Waals surface area contributed by atoms with Crippen LogP contribution >= 0.6 is 0 Å². The quantitative estimate of drug-likeness (QED) is 0.690. The summed E-state index contributed by atoms with van der Waals surface area (Å²) in [6.45, 7) is 4.22. The van der Waals surface area contributed by atoms with Gasteiger partial charge in [-0.15, -0.1) is 6.58 Å². The Morgan fingerprint density at radius 1 is 1.77 bits per heavy atom. The van der Waals surface area contributed by atoms with Crippen LogP contribution in [-0.2, 0) is 17.8 Å². The SMILES string of the molecule is C=CCn1nccc1CCC(=O)O. The van der Waals surface area contributed by atoms with Crippen molar-refractivity contribution in [1.29, 1.82) is 0 Å². The zero-order chi connectivity index (χ0) is 9.68. The van der Waals surface area contributed by atoms with Crippen LogP contribution in [0.15, 0.2) is 24.9 Å². The van der Waals surface area contributed by atoms with E-state index in [1.807, 2.05) is 6.07 Å². The molecule has 0 bridgehead atoms. The fourth-order valence-electron chi connectivity index (χ4n) is 1.09. The number of aryl methyl sites for hydroxylation is 1. The highest BCUT2D eigenvalue weighted by Crippen LogP contribution is 2.02. The Labute approximate surface area is 76.5 Å². The first-order valence-electron chi connectivity index (χ1n) is 4.07. The van der Waals surface area contributed by atoms with Crippen molar-refractivity contribution < 1.29 is 9.90 Å². The summed E-state index contributed by atoms with van der Waals surface area (Å²) in [5, 5.41) is 12.5. The van der Waals surface area contributed by atoms with Crippen LogP contribution in [-0.4, -0.2) is 20.9 Å². The summed E-state index contributed by atoms with van der Waals surface area (Å²) in [4.78, 5) is 10.3. The van der Waals surface area contributed by atoms with Gasteiger partial charge in [-0.05, 0) is 12.5 Å². The summed E-state index contributed by atoms with van der Waals surface area (Å²) < 4.78 is 1.75. The third-order valence-corrected chi connectivity index (χ3v) is 1.70. The maximum absolute atomic E-state index is 10.3. The van der Waals surface area contributed by atoms with Gasteiger partial charge in [0.2, 0.25) is 0 Å². The van der Waals surface area contributed by atoms with E-state index in [1.165, 1.54) is 0 Å². The number of rotatable bonds is 5. The molecule has 1 rings (SSSR count). The lowest BCUT2D eigenvalue weighted by Gasteiger charge is -2.02. The molecule has 4 heteroatoms. The zero-order valence-corrected chi connectivity index (χ0v) is 7.31. The molecule has 4 nitrogen and oxygen atoms in total. The largest absolute Gasteiger partial charge is 0.481 e. The first-order chi connectivity index (χ1) is 6.24. The molecule has 0 aliphatic heterocycles. The highest BCUT2D eigenvalue weighted by atomic mass is 16.4. The molecular formula is C9H12N2O2. The van der Waals surface area contributed by atoms with E-state index in [1.54, 1.807) is 17.0 Å². The van der Waals surface area contributed by atoms with Crippen LogP contribution in [0.5, 0.6) is 0 Å². The lowest BCUT2D eigenvalue weighted by atomic mass is 10.2. The van der Waals surface area contributed by atoms with Crippen molar-refractivity contribution in [3.63, 3.8) is 0 Å². The highest BCUT2D eigenvalue weighted by molar-refractivity contribution is 5.66. The van der Waals surface area contributed by atoms with Gasteiger partial charge in [0.25, 0.3) is 0 Å². The number of carboxylic acids is 1. The predicted octanol–water partition coefficient (Wildman–Crippen LogP) is 1.09. The minimum atomic E-state index is -0.786. The fraction of sp³-hybridized carbons (Fsp3) is 0.333. The van der Waals surface area contributed by atoms with E-state index in [4.69, 9.17) is 5.11 Å². The smallest absolute Gasteiger partial charge is 0.303 e. The van der Waals surface area contributed by atoms with Crippen molar-refractivity contribution in [2.24, 2.45) is 0 Å². The average molecular weight is 180 g/mol. The molecule has 0 aromatic carbocycles. The van der Waals surface area contributed by atoms with Gasteiger partial charge in [-0.1, -0.05) is 6.08 Å². The molecule has 1 aromatic heterocycles. The number of carboxylic acid groups (broad SMARTS) is 1. The number of nitrogens with zero attached hydrogens (tertiary/aromatic N) is 2. The van der Waals surface area contributed by atoms with Crippen molar-refractivity contribution in [3.05, 3.63) is 30.6 Å². The van der Waals surface area contributed by atoms with Gasteiger partial charge in [-0.25, -0.2) is 0 Å². The number of carbonyl (C=O) groups is 1. The molecule has 0 fully saturated rings. The van der Waals surface area contributed by atoms with E-state index >= 15 is 0 Å². The Kier molecular flexibility index (Phi) is 3.25. The van der Waals surface area contributed by atoms with Gasteiger partial charge in [0.1, 0.15) is 0 Å². The maximum atomic E-state index is 10.3. The molecule has 70 valence electrons. The lowest BCUT2D eigenvalue weighted by Crippen LogP contribution is -2.05. The van der Waals surface area contributed by atoms with Crippen LogP contribution in [0.2, 0.25) is 0 Å². The zero-order valence-electron chi connectivity index (χ0n) is 7.31. The topological polar surface area (TPSA) is 55.1 Å². The molecule has 0 saturated heterocycles. The molecule has 0 unspecified atom stereocenters. The second-order valence-electron chi connectivity index (χ2n) is 2.69. The summed E-state index contributed by atoms with van der Waals surface area (Å²) in [6, 6.07) is 1.83. The van der Waals surface area contributed by atoms with Crippen molar-refractivity contribution >= 4 is 5.97 Å². The molecule has 1 aromatic rings. The van der Waals surface area contributed by atoms with Crippen molar-refractivity contribution in [2.75, 3.05) is 0 Å². The fourth-order valence-corrected chi connectivity index (χ4v) is 1.09. The Morgan fingerprint density at radius 2 is 2.54 bits per heavy atom. The minimum Gasteiger partial charge on any atom is -0.481 e. The van der Waals surface area contributed by atoms with Gasteiger partial charge in [0, 0.05) is 11.9 Å². The van der Waals surface area contributed by atoms with Crippen LogP contribution in [0.3, 0.4) is 0 Å². The molecule has 0 amide bonds. The number of hydrogen-bond acceptors (Lipinski definition) is 2. The monoisotopic (exact) mass is 180 g/mol. The molecular weight excluding hydrogens is 168 g/mol. The van der Waals surface area contributed by atoms with E-state index in [0.717, 1.165) is 5.69 Å². The number of allylic oxidation sites excluding steroid dienone is 1. The summed E-state index contributed by atoms with van der Waals surface area (Å²) >= 11 is 0. The molecule has 0 radical (unpaired) electrons. The second kappa shape index (κ2) is 4.45. The van der Waals surface area contributed by atoms with E-state index in [0.29, 0.717) is 13.0 Å². The van der Waals surface area contributed by atoms with Crippen molar-refractivity contribution in [3.8, 4) is 0 Å². The molecule has 0 saturated carbocycles. The summed E-state index contributed by atoms with van der Waals surface area (Å²) in [5.74, 6) is -0.786. The summed E-state index contributed by atoms with van der Waals surface area (Å²) in [5.41, 5.74) is 0.933. The van der Waals surface area contributed by atoms with Crippen molar-refractivity contribution in [2.45, 2.75) is 19.4 Å². The van der Waals surface area contributed by atoms with Gasteiger partial charge < -0.3 is 5.11 Å². The van der Waals surface area contributed by atoms with Crippen LogP contribution in [0.4, 0.5) is 0 Å². The number of aliphatic carboxylic acids is 1. The Hall–Kier alpha value is -1.58. The van der Waals surface area contributed by atoms with Crippen LogP contribution in [0, 0.1) is 0 Å². The molecule has 0 aliphatic rings. The number of aromatic nitrogens is 2. The first-order valence-corrected chi connectivity index (χ1v) is 4.07. The normalized spacial score (nSPS) is 9.85. The molecule has 1 heterocycles. The molecule has 0 aliphatic carbocycles. The summed E-state index contributed by atoms with van der Waals surface area (Å²) in [7, 11) is 0. The summed E-state index contributed by atoms with van der Waals surface area (Å²) in [6.07, 6.45) is 4.06. The second-order valence-corrected chi connectivity index (χ2v) is 2.69. The molecule has 0 spiro atoms. The van der Waals surface area contributed by atoms with Crippen LogP contribution < -0.4 is 0 Å². The van der Waals surface area contributed by atoms with Crippen LogP contribution in [0.25, 0.3) is 0 Å². The predicted molar refractivity (Wildman–Crippen MR) is 48.4 cm³/mol. The maximum Gasteiger partial charge on any atom is 0.303 e. The van der Waals surface area contributed by atoms with Gasteiger partial charge in [0.15, 0.2) is 0 Å². The van der Waals surface area contributed by atoms with Gasteiger partial charge >= 0.3 is 5.97 Å². The standard InChI is InChI=1S/C9H12N2O2/c1-2-7-11-8(5-6-10-11)3-4-9(12)13/h2,5-6H,1,3-4,7H2,(H,12,13). The third kappa shape index (κ3) is 2.74. The van der Waals surface area contributed by atoms with E-state index in [2.05, 4.69) is 11.7 Å². The van der Waals surface area contributed by atoms with Gasteiger partial charge in [-0.3, -0.25) is 9.48 Å². The Balaban J connectivity index is 2.59. The first kappa shape index (κ1) is 9.51. The number of hydrogen-bond donors (Lipinski definition) is 1. The molecule has 0 atom stereocenters. The minimum absolute atomic E-state index is 0.142. The van der Waals surface area contributed by atoms with Gasteiger partial charge in [-0.2, -0.15) is 5.10 Å². The average Bonchev–Trinajstić information content (AvgIpc) is 2.49. The van der Waals surface area contributed by atoms with Crippen molar-refractivity contribution in [1.82, 2.24) is 9.78 Å². The molecule has 13 heavy (non-hydrogen) atoms.